The number of amides is 2. The van der Waals surface area contributed by atoms with Crippen molar-refractivity contribution in [3.05, 3.63) is 77.6 Å². The molecule has 2 N–H and O–H groups in total. The second kappa shape index (κ2) is 7.95. The van der Waals surface area contributed by atoms with Gasteiger partial charge >= 0.3 is 0 Å². The fourth-order valence-electron chi connectivity index (χ4n) is 2.83. The molecule has 0 bridgehead atoms. The lowest BCUT2D eigenvalue weighted by atomic mass is 10.0. The average molecular weight is 352 g/mol. The molecule has 0 spiro atoms. The number of carbonyl (C=O) groups is 2. The van der Waals surface area contributed by atoms with E-state index in [0.717, 1.165) is 29.5 Å². The van der Waals surface area contributed by atoms with E-state index >= 15 is 0 Å². The van der Waals surface area contributed by atoms with Gasteiger partial charge in [-0.25, -0.2) is 4.39 Å². The smallest absolute Gasteiger partial charge is 0.243 e. The Bertz CT molecular complexity index is 844. The predicted molar refractivity (Wildman–Crippen MR) is 99.2 cm³/mol. The van der Waals surface area contributed by atoms with Crippen LogP contribution >= 0.6 is 0 Å². The van der Waals surface area contributed by atoms with E-state index in [1.54, 1.807) is 6.07 Å². The lowest BCUT2D eigenvalue weighted by Gasteiger charge is -2.11. The second-order valence-corrected chi connectivity index (χ2v) is 6.43. The maximum absolute atomic E-state index is 14.2. The van der Waals surface area contributed by atoms with Crippen molar-refractivity contribution in [2.45, 2.75) is 31.7 Å². The van der Waals surface area contributed by atoms with Crippen LogP contribution in [0.25, 0.3) is 0 Å². The summed E-state index contributed by atoms with van der Waals surface area (Å²) in [6, 6.07) is 12.3. The van der Waals surface area contributed by atoms with Gasteiger partial charge in [-0.3, -0.25) is 9.59 Å². The molecule has 1 aliphatic carbocycles. The molecule has 2 aromatic rings. The molecule has 1 saturated carbocycles. The average Bonchev–Trinajstić information content (AvgIpc) is 3.47. The van der Waals surface area contributed by atoms with Crippen molar-refractivity contribution in [2.75, 3.05) is 5.32 Å². The summed E-state index contributed by atoms with van der Waals surface area (Å²) >= 11 is 0. The molecule has 2 amide bonds. The van der Waals surface area contributed by atoms with Crippen molar-refractivity contribution in [1.82, 2.24) is 5.32 Å². The molecule has 1 aliphatic rings. The number of nitrogens with one attached hydrogen (secondary N) is 2. The number of carbonyl (C=O) groups excluding carboxylic acids is 2. The van der Waals surface area contributed by atoms with Crippen LogP contribution in [0.4, 0.5) is 10.1 Å². The van der Waals surface area contributed by atoms with Gasteiger partial charge in [0.1, 0.15) is 5.82 Å². The SMILES string of the molecule is C=CC(=O)NCc1ccccc1CC(=O)Nc1ccc(C2CC2)cc1F. The normalized spacial score (nSPS) is 13.1. The first-order chi connectivity index (χ1) is 12.6. The summed E-state index contributed by atoms with van der Waals surface area (Å²) < 4.78 is 14.2. The Morgan fingerprint density at radius 3 is 2.54 bits per heavy atom. The van der Waals surface area contributed by atoms with Crippen LogP contribution in [0.15, 0.2) is 55.1 Å². The first-order valence-electron chi connectivity index (χ1n) is 8.63. The van der Waals surface area contributed by atoms with E-state index in [0.29, 0.717) is 12.5 Å². The van der Waals surface area contributed by atoms with Crippen LogP contribution in [0.1, 0.15) is 35.4 Å². The van der Waals surface area contributed by atoms with Gasteiger partial charge in [0.15, 0.2) is 0 Å². The van der Waals surface area contributed by atoms with E-state index in [4.69, 9.17) is 0 Å². The van der Waals surface area contributed by atoms with Gasteiger partial charge in [-0.15, -0.1) is 0 Å². The Kier molecular flexibility index (Phi) is 5.46. The molecule has 134 valence electrons. The molecule has 0 radical (unpaired) electrons. The standard InChI is InChI=1S/C21H21FN2O2/c1-2-20(25)23-13-17-6-4-3-5-15(17)12-21(26)24-19-10-9-16(11-18(19)22)14-7-8-14/h2-6,9-11,14H,1,7-8,12-13H2,(H,23,25)(H,24,26). The van der Waals surface area contributed by atoms with Crippen molar-refractivity contribution in [1.29, 1.82) is 0 Å². The maximum Gasteiger partial charge on any atom is 0.243 e. The Balaban J connectivity index is 1.64. The summed E-state index contributed by atoms with van der Waals surface area (Å²) in [4.78, 5) is 23.7. The van der Waals surface area contributed by atoms with E-state index in [2.05, 4.69) is 17.2 Å². The summed E-state index contributed by atoms with van der Waals surface area (Å²) in [5, 5.41) is 5.33. The fourth-order valence-corrected chi connectivity index (χ4v) is 2.83. The van der Waals surface area contributed by atoms with Crippen molar-refractivity contribution in [2.24, 2.45) is 0 Å². The molecule has 0 unspecified atom stereocenters. The van der Waals surface area contributed by atoms with Crippen LogP contribution in [0.3, 0.4) is 0 Å². The Morgan fingerprint density at radius 1 is 1.15 bits per heavy atom. The summed E-state index contributed by atoms with van der Waals surface area (Å²) in [6.45, 7) is 3.71. The zero-order valence-corrected chi connectivity index (χ0v) is 14.4. The third-order valence-electron chi connectivity index (χ3n) is 4.42. The summed E-state index contributed by atoms with van der Waals surface area (Å²) in [7, 11) is 0. The van der Waals surface area contributed by atoms with Crippen LogP contribution in [0, 0.1) is 5.82 Å². The summed E-state index contributed by atoms with van der Waals surface area (Å²) in [6.07, 6.45) is 3.50. The molecule has 2 aromatic carbocycles. The van der Waals surface area contributed by atoms with Crippen LogP contribution in [0.2, 0.25) is 0 Å². The predicted octanol–water partition coefficient (Wildman–Crippen LogP) is 3.69. The highest BCUT2D eigenvalue weighted by molar-refractivity contribution is 5.92. The number of hydrogen-bond acceptors (Lipinski definition) is 2. The molecule has 0 aromatic heterocycles. The largest absolute Gasteiger partial charge is 0.348 e. The number of hydrogen-bond donors (Lipinski definition) is 2. The third-order valence-corrected chi connectivity index (χ3v) is 4.42. The van der Waals surface area contributed by atoms with Crippen molar-refractivity contribution < 1.29 is 14.0 Å². The second-order valence-electron chi connectivity index (χ2n) is 6.43. The van der Waals surface area contributed by atoms with Crippen molar-refractivity contribution >= 4 is 17.5 Å². The van der Waals surface area contributed by atoms with Crippen LogP contribution in [-0.4, -0.2) is 11.8 Å². The van der Waals surface area contributed by atoms with Gasteiger partial charge < -0.3 is 10.6 Å². The number of rotatable bonds is 7. The van der Waals surface area contributed by atoms with E-state index < -0.39 is 5.82 Å². The molecule has 0 heterocycles. The van der Waals surface area contributed by atoms with Crippen molar-refractivity contribution in [3.8, 4) is 0 Å². The number of halogens is 1. The van der Waals surface area contributed by atoms with Crippen molar-refractivity contribution in [3.63, 3.8) is 0 Å². The van der Waals surface area contributed by atoms with Gasteiger partial charge in [0.05, 0.1) is 12.1 Å². The lowest BCUT2D eigenvalue weighted by Crippen LogP contribution is -2.22. The number of anilines is 1. The molecule has 0 aliphatic heterocycles. The number of benzene rings is 2. The molecular formula is C21H21FN2O2. The van der Waals surface area contributed by atoms with E-state index in [1.165, 1.54) is 12.1 Å². The van der Waals surface area contributed by atoms with Gasteiger partial charge in [-0.05, 0) is 53.7 Å². The van der Waals surface area contributed by atoms with Crippen LogP contribution in [-0.2, 0) is 22.6 Å². The fraction of sp³-hybridized carbons (Fsp3) is 0.238. The first-order valence-corrected chi connectivity index (χ1v) is 8.63. The van der Waals surface area contributed by atoms with Gasteiger partial charge in [0, 0.05) is 6.54 Å². The topological polar surface area (TPSA) is 58.2 Å². The van der Waals surface area contributed by atoms with Gasteiger partial charge in [0.25, 0.3) is 0 Å². The Morgan fingerprint density at radius 2 is 1.88 bits per heavy atom. The Labute approximate surface area is 152 Å². The minimum atomic E-state index is -0.408. The van der Waals surface area contributed by atoms with Crippen LogP contribution < -0.4 is 10.6 Å². The summed E-state index contributed by atoms with van der Waals surface area (Å²) in [5.74, 6) is -0.520. The molecule has 5 heteroatoms. The van der Waals surface area contributed by atoms with E-state index in [-0.39, 0.29) is 23.9 Å². The lowest BCUT2D eigenvalue weighted by molar-refractivity contribution is -0.116. The molecule has 3 rings (SSSR count). The third kappa shape index (κ3) is 4.57. The highest BCUT2D eigenvalue weighted by Gasteiger charge is 2.24. The highest BCUT2D eigenvalue weighted by Crippen LogP contribution is 2.40. The van der Waals surface area contributed by atoms with E-state index in [9.17, 15) is 14.0 Å². The molecular weight excluding hydrogens is 331 g/mol. The Hall–Kier alpha value is -2.95. The van der Waals surface area contributed by atoms with Gasteiger partial charge in [-0.1, -0.05) is 36.9 Å². The quantitative estimate of drug-likeness (QED) is 0.747. The molecule has 0 saturated heterocycles. The zero-order valence-electron chi connectivity index (χ0n) is 14.4. The minimum absolute atomic E-state index is 0.101. The molecule has 26 heavy (non-hydrogen) atoms. The van der Waals surface area contributed by atoms with E-state index in [1.807, 2.05) is 30.3 Å². The molecule has 1 fully saturated rings. The molecule has 4 nitrogen and oxygen atoms in total. The first kappa shape index (κ1) is 17.9. The zero-order chi connectivity index (χ0) is 18.5. The van der Waals surface area contributed by atoms with Gasteiger partial charge in [-0.2, -0.15) is 0 Å². The minimum Gasteiger partial charge on any atom is -0.348 e. The van der Waals surface area contributed by atoms with Crippen LogP contribution in [0.5, 0.6) is 0 Å². The molecule has 0 atom stereocenters. The monoisotopic (exact) mass is 352 g/mol. The maximum atomic E-state index is 14.2. The summed E-state index contributed by atoms with van der Waals surface area (Å²) in [5.41, 5.74) is 2.80. The van der Waals surface area contributed by atoms with Gasteiger partial charge in [0.2, 0.25) is 11.8 Å². The highest BCUT2D eigenvalue weighted by atomic mass is 19.1.